The number of nitrogens with zero attached hydrogens (tertiary/aromatic N) is 2. The van der Waals surface area contributed by atoms with Crippen LogP contribution in [-0.2, 0) is 12.8 Å². The van der Waals surface area contributed by atoms with Gasteiger partial charge in [0.05, 0.1) is 10.3 Å². The van der Waals surface area contributed by atoms with E-state index in [4.69, 9.17) is 11.6 Å². The number of benzene rings is 1. The highest BCUT2D eigenvalue weighted by Gasteiger charge is 2.19. The molecule has 2 heterocycles. The third-order valence-corrected chi connectivity index (χ3v) is 5.95. The highest BCUT2D eigenvalue weighted by atomic mass is 35.5. The average molecular weight is 388 g/mol. The topological polar surface area (TPSA) is 88.9 Å². The molecule has 0 atom stereocenters. The van der Waals surface area contributed by atoms with Gasteiger partial charge in [-0.1, -0.05) is 23.7 Å². The Kier molecular flexibility index (Phi) is 4.34. The van der Waals surface area contributed by atoms with Gasteiger partial charge in [-0.15, -0.1) is 11.3 Å². The number of thiophene rings is 1. The molecule has 0 spiro atoms. The Bertz CT molecular complexity index is 1120. The number of H-pyrrole nitrogens is 1. The molecule has 0 unspecified atom stereocenters. The van der Waals surface area contributed by atoms with Crippen LogP contribution < -0.4 is 5.56 Å². The number of nitrogens with one attached hydrogen (secondary N) is 1. The molecule has 4 rings (SSSR count). The van der Waals surface area contributed by atoms with Crippen LogP contribution in [0.2, 0.25) is 5.02 Å². The molecule has 2 aromatic heterocycles. The van der Waals surface area contributed by atoms with E-state index in [1.807, 2.05) is 0 Å². The molecule has 132 valence electrons. The van der Waals surface area contributed by atoms with Crippen molar-refractivity contribution in [2.24, 2.45) is 0 Å². The third-order valence-electron chi connectivity index (χ3n) is 4.44. The van der Waals surface area contributed by atoms with E-state index >= 15 is 0 Å². The van der Waals surface area contributed by atoms with E-state index in [1.165, 1.54) is 17.0 Å². The Morgan fingerprint density at radius 3 is 2.88 bits per heavy atom. The van der Waals surface area contributed by atoms with E-state index in [1.54, 1.807) is 29.6 Å². The van der Waals surface area contributed by atoms with E-state index in [9.17, 15) is 14.9 Å². The second-order valence-electron chi connectivity index (χ2n) is 6.14. The van der Waals surface area contributed by atoms with Crippen LogP contribution in [0.5, 0.6) is 0 Å². The van der Waals surface area contributed by atoms with Crippen LogP contribution in [0.4, 0.5) is 5.69 Å². The molecule has 0 bridgehead atoms. The minimum Gasteiger partial charge on any atom is -0.306 e. The monoisotopic (exact) mass is 387 g/mol. The lowest BCUT2D eigenvalue weighted by Crippen LogP contribution is -2.11. The average Bonchev–Trinajstić information content (AvgIpc) is 2.99. The molecule has 0 saturated heterocycles. The largest absolute Gasteiger partial charge is 0.306 e. The van der Waals surface area contributed by atoms with Gasteiger partial charge in [0, 0.05) is 10.9 Å². The van der Waals surface area contributed by atoms with Crippen molar-refractivity contribution in [3.63, 3.8) is 0 Å². The Balaban J connectivity index is 1.72. The summed E-state index contributed by atoms with van der Waals surface area (Å²) in [4.78, 5) is 32.3. The zero-order valence-corrected chi connectivity index (χ0v) is 15.2. The lowest BCUT2D eigenvalue weighted by Gasteiger charge is -2.09. The van der Waals surface area contributed by atoms with Crippen molar-refractivity contribution < 1.29 is 4.92 Å². The molecule has 0 aliphatic heterocycles. The molecular weight excluding hydrogens is 374 g/mol. The first-order valence-corrected chi connectivity index (χ1v) is 9.39. The van der Waals surface area contributed by atoms with Crippen LogP contribution in [0, 0.1) is 10.1 Å². The molecule has 0 fully saturated rings. The van der Waals surface area contributed by atoms with E-state index in [0.717, 1.165) is 36.1 Å². The predicted molar refractivity (Wildman–Crippen MR) is 104 cm³/mol. The normalized spacial score (nSPS) is 14.0. The summed E-state index contributed by atoms with van der Waals surface area (Å²) < 4.78 is 0. The third kappa shape index (κ3) is 3.04. The first-order chi connectivity index (χ1) is 12.5. The number of hydrogen-bond acceptors (Lipinski definition) is 5. The van der Waals surface area contributed by atoms with Crippen molar-refractivity contribution in [1.82, 2.24) is 9.97 Å². The van der Waals surface area contributed by atoms with Gasteiger partial charge < -0.3 is 4.98 Å². The molecule has 3 aromatic rings. The number of nitro groups is 1. The Morgan fingerprint density at radius 2 is 2.08 bits per heavy atom. The van der Waals surface area contributed by atoms with Crippen LogP contribution >= 0.6 is 22.9 Å². The van der Waals surface area contributed by atoms with E-state index in [-0.39, 0.29) is 16.3 Å². The van der Waals surface area contributed by atoms with Crippen LogP contribution in [0.25, 0.3) is 22.4 Å². The van der Waals surface area contributed by atoms with Gasteiger partial charge >= 0.3 is 0 Å². The molecule has 1 aliphatic carbocycles. The molecule has 1 N–H and O–H groups in total. The first kappa shape index (κ1) is 16.9. The molecule has 6 nitrogen and oxygen atoms in total. The minimum atomic E-state index is -0.526. The quantitative estimate of drug-likeness (QED) is 0.525. The van der Waals surface area contributed by atoms with Crippen LogP contribution in [-0.4, -0.2) is 14.9 Å². The maximum Gasteiger partial charge on any atom is 0.288 e. The smallest absolute Gasteiger partial charge is 0.288 e. The number of hydrogen-bond donors (Lipinski definition) is 1. The fraction of sp³-hybridized carbons (Fsp3) is 0.222. The van der Waals surface area contributed by atoms with Gasteiger partial charge in [0.2, 0.25) is 0 Å². The zero-order valence-electron chi connectivity index (χ0n) is 13.6. The molecule has 8 heteroatoms. The Hall–Kier alpha value is -2.51. The standard InChI is InChI=1S/C18H14ClN3O3S/c19-12-7-5-10(9-13(12)22(24)25)6-8-15-20-17(23)16-11-3-1-2-4-14(11)26-18(16)21-15/h5-9H,1-4H2,(H,20,21,23)/b8-6+. The van der Waals surface area contributed by atoms with Crippen molar-refractivity contribution in [2.45, 2.75) is 25.7 Å². The van der Waals surface area contributed by atoms with Gasteiger partial charge in [0.15, 0.2) is 0 Å². The predicted octanol–water partition coefficient (Wildman–Crippen LogP) is 4.60. The van der Waals surface area contributed by atoms with Crippen molar-refractivity contribution in [3.05, 3.63) is 65.5 Å². The number of aromatic nitrogens is 2. The van der Waals surface area contributed by atoms with Crippen molar-refractivity contribution in [1.29, 1.82) is 0 Å². The summed E-state index contributed by atoms with van der Waals surface area (Å²) in [5, 5.41) is 11.8. The van der Waals surface area contributed by atoms with Crippen LogP contribution in [0.15, 0.2) is 23.0 Å². The number of nitro benzene ring substituents is 1. The molecule has 1 aromatic carbocycles. The lowest BCUT2D eigenvalue weighted by atomic mass is 9.97. The molecule has 0 saturated carbocycles. The maximum absolute atomic E-state index is 12.5. The van der Waals surface area contributed by atoms with Crippen molar-refractivity contribution in [3.8, 4) is 0 Å². The summed E-state index contributed by atoms with van der Waals surface area (Å²) in [6, 6.07) is 4.54. The Morgan fingerprint density at radius 1 is 1.27 bits per heavy atom. The van der Waals surface area contributed by atoms with E-state index < -0.39 is 4.92 Å². The zero-order chi connectivity index (χ0) is 18.3. The molecule has 0 radical (unpaired) electrons. The summed E-state index contributed by atoms with van der Waals surface area (Å²) >= 11 is 7.41. The second kappa shape index (κ2) is 6.66. The number of aryl methyl sites for hydroxylation is 2. The highest BCUT2D eigenvalue weighted by molar-refractivity contribution is 7.18. The number of halogens is 1. The van der Waals surface area contributed by atoms with Crippen molar-refractivity contribution in [2.75, 3.05) is 0 Å². The fourth-order valence-electron chi connectivity index (χ4n) is 3.21. The van der Waals surface area contributed by atoms with Gasteiger partial charge in [-0.05, 0) is 49.0 Å². The SMILES string of the molecule is O=c1[nH]c(/C=C/c2ccc(Cl)c([N+](=O)[O-])c2)nc2sc3c(c12)CCCC3. The van der Waals surface area contributed by atoms with Gasteiger partial charge in [-0.2, -0.15) is 0 Å². The molecule has 1 aliphatic rings. The van der Waals surface area contributed by atoms with Gasteiger partial charge in [0.25, 0.3) is 11.2 Å². The molecule has 0 amide bonds. The first-order valence-electron chi connectivity index (χ1n) is 8.19. The maximum atomic E-state index is 12.5. The van der Waals surface area contributed by atoms with Gasteiger partial charge in [-0.25, -0.2) is 4.98 Å². The summed E-state index contributed by atoms with van der Waals surface area (Å²) in [7, 11) is 0. The number of aromatic amines is 1. The fourth-order valence-corrected chi connectivity index (χ4v) is 4.66. The lowest BCUT2D eigenvalue weighted by molar-refractivity contribution is -0.384. The van der Waals surface area contributed by atoms with E-state index in [2.05, 4.69) is 9.97 Å². The van der Waals surface area contributed by atoms with E-state index in [0.29, 0.717) is 16.8 Å². The number of fused-ring (bicyclic) bond motifs is 3. The summed E-state index contributed by atoms with van der Waals surface area (Å²) in [5.41, 5.74) is 1.47. The summed E-state index contributed by atoms with van der Waals surface area (Å²) in [5.74, 6) is 0.429. The van der Waals surface area contributed by atoms with Gasteiger partial charge in [0.1, 0.15) is 15.7 Å². The van der Waals surface area contributed by atoms with Crippen molar-refractivity contribution >= 4 is 51.0 Å². The molecular formula is C18H14ClN3O3S. The summed E-state index contributed by atoms with van der Waals surface area (Å²) in [6.45, 7) is 0. The van der Waals surface area contributed by atoms with Gasteiger partial charge in [-0.3, -0.25) is 14.9 Å². The van der Waals surface area contributed by atoms with Crippen LogP contribution in [0.3, 0.4) is 0 Å². The molecule has 26 heavy (non-hydrogen) atoms. The Labute approximate surface area is 157 Å². The minimum absolute atomic E-state index is 0.0873. The second-order valence-corrected chi connectivity index (χ2v) is 7.63. The highest BCUT2D eigenvalue weighted by Crippen LogP contribution is 2.33. The van der Waals surface area contributed by atoms with Crippen LogP contribution in [0.1, 0.15) is 34.7 Å². The summed E-state index contributed by atoms with van der Waals surface area (Å²) in [6.07, 6.45) is 7.52. The number of rotatable bonds is 3.